The maximum absolute atomic E-state index is 12.5. The number of carbonyl (C=O) groups excluding carboxylic acids is 1. The number of carbonyl (C=O) groups is 1. The van der Waals surface area contributed by atoms with Crippen molar-refractivity contribution < 1.29 is 9.90 Å². The molecule has 0 bridgehead atoms. The molecule has 3 rings (SSSR count). The lowest BCUT2D eigenvalue weighted by Crippen LogP contribution is -2.33. The third-order valence-corrected chi connectivity index (χ3v) is 3.97. The summed E-state index contributed by atoms with van der Waals surface area (Å²) in [6.45, 7) is 1.90. The first kappa shape index (κ1) is 15.3. The molecular weight excluding hydrogens is 288 g/mol. The highest BCUT2D eigenvalue weighted by Gasteiger charge is 2.16. The first-order chi connectivity index (χ1) is 11.1. The highest BCUT2D eigenvalue weighted by Crippen LogP contribution is 2.19. The van der Waals surface area contributed by atoms with Crippen LogP contribution in [0.1, 0.15) is 35.4 Å². The van der Waals surface area contributed by atoms with Gasteiger partial charge in [-0.15, -0.1) is 0 Å². The van der Waals surface area contributed by atoms with Crippen molar-refractivity contribution in [2.75, 3.05) is 0 Å². The van der Waals surface area contributed by atoms with Crippen LogP contribution in [0.5, 0.6) is 0 Å². The Labute approximate surface area is 135 Å². The summed E-state index contributed by atoms with van der Waals surface area (Å²) >= 11 is 0. The summed E-state index contributed by atoms with van der Waals surface area (Å²) in [6.07, 6.45) is 1.70. The number of hydrogen-bond donors (Lipinski definition) is 3. The van der Waals surface area contributed by atoms with Crippen molar-refractivity contribution in [1.82, 2.24) is 10.3 Å². The zero-order chi connectivity index (χ0) is 16.2. The van der Waals surface area contributed by atoms with Crippen molar-refractivity contribution in [3.8, 4) is 0 Å². The number of amides is 1. The van der Waals surface area contributed by atoms with Crippen molar-refractivity contribution in [3.05, 3.63) is 71.9 Å². The van der Waals surface area contributed by atoms with E-state index >= 15 is 0 Å². The molecule has 0 aliphatic rings. The lowest BCUT2D eigenvalue weighted by molar-refractivity contribution is 0.0918. The van der Waals surface area contributed by atoms with Gasteiger partial charge >= 0.3 is 0 Å². The van der Waals surface area contributed by atoms with Gasteiger partial charge in [0, 0.05) is 17.6 Å². The number of aliphatic hydroxyl groups is 1. The third-order valence-electron chi connectivity index (χ3n) is 3.97. The second-order valence-electron chi connectivity index (χ2n) is 5.78. The molecule has 0 saturated heterocycles. The molecule has 0 fully saturated rings. The third kappa shape index (κ3) is 3.43. The Morgan fingerprint density at radius 2 is 1.91 bits per heavy atom. The van der Waals surface area contributed by atoms with E-state index in [1.54, 1.807) is 6.07 Å². The molecule has 0 aliphatic carbocycles. The molecule has 3 aromatic rings. The van der Waals surface area contributed by atoms with Gasteiger partial charge in [-0.3, -0.25) is 4.79 Å². The van der Waals surface area contributed by atoms with Gasteiger partial charge < -0.3 is 15.4 Å². The van der Waals surface area contributed by atoms with E-state index in [0.29, 0.717) is 12.0 Å². The number of aromatic amines is 1. The van der Waals surface area contributed by atoms with Gasteiger partial charge in [-0.1, -0.05) is 42.5 Å². The summed E-state index contributed by atoms with van der Waals surface area (Å²) in [4.78, 5) is 15.6. The molecule has 4 heteroatoms. The van der Waals surface area contributed by atoms with Crippen LogP contribution in [0.4, 0.5) is 0 Å². The summed E-state index contributed by atoms with van der Waals surface area (Å²) in [7, 11) is 0. The largest absolute Gasteiger partial charge is 0.388 e. The number of nitrogens with one attached hydrogen (secondary N) is 2. The van der Waals surface area contributed by atoms with Crippen LogP contribution >= 0.6 is 0 Å². The standard InChI is InChI=1S/C19H20N2O2/c1-13(12-17(22)14-6-3-2-4-7-14)21-19(23)16-9-5-8-15-10-11-20-18(15)16/h2-11,13,17,20,22H,12H2,1H3,(H,21,23)/t13-,17+/m1/s1. The van der Waals surface area contributed by atoms with Crippen molar-refractivity contribution in [2.45, 2.75) is 25.5 Å². The first-order valence-corrected chi connectivity index (χ1v) is 7.75. The van der Waals surface area contributed by atoms with Gasteiger partial charge in [0.15, 0.2) is 0 Å². The molecule has 2 aromatic carbocycles. The number of hydrogen-bond acceptors (Lipinski definition) is 2. The molecule has 3 N–H and O–H groups in total. The van der Waals surface area contributed by atoms with E-state index in [1.165, 1.54) is 0 Å². The molecule has 4 nitrogen and oxygen atoms in total. The number of para-hydroxylation sites is 1. The zero-order valence-corrected chi connectivity index (χ0v) is 13.0. The predicted octanol–water partition coefficient (Wildman–Crippen LogP) is 3.41. The summed E-state index contributed by atoms with van der Waals surface area (Å²) in [5.74, 6) is -0.134. The molecule has 0 aliphatic heterocycles. The predicted molar refractivity (Wildman–Crippen MR) is 91.2 cm³/mol. The average molecular weight is 308 g/mol. The summed E-state index contributed by atoms with van der Waals surface area (Å²) in [5.41, 5.74) is 2.31. The molecule has 118 valence electrons. The SMILES string of the molecule is C[C@H](C[C@H](O)c1ccccc1)NC(=O)c1cccc2cc[nH]c12. The van der Waals surface area contributed by atoms with Crippen molar-refractivity contribution >= 4 is 16.8 Å². The minimum atomic E-state index is -0.590. The second kappa shape index (κ2) is 6.67. The summed E-state index contributed by atoms with van der Waals surface area (Å²) in [6, 6.07) is 16.9. The number of benzene rings is 2. The molecule has 0 saturated carbocycles. The van der Waals surface area contributed by atoms with E-state index in [1.807, 2.05) is 61.7 Å². The van der Waals surface area contributed by atoms with Crippen molar-refractivity contribution in [2.24, 2.45) is 0 Å². The number of aliphatic hydroxyl groups excluding tert-OH is 1. The molecule has 0 spiro atoms. The maximum atomic E-state index is 12.5. The van der Waals surface area contributed by atoms with Gasteiger partial charge in [0.25, 0.3) is 5.91 Å². The van der Waals surface area contributed by atoms with Crippen LogP contribution in [0.3, 0.4) is 0 Å². The van der Waals surface area contributed by atoms with Crippen LogP contribution in [-0.2, 0) is 0 Å². The molecule has 1 amide bonds. The van der Waals surface area contributed by atoms with Gasteiger partial charge in [0.2, 0.25) is 0 Å². The normalized spacial score (nSPS) is 13.7. The first-order valence-electron chi connectivity index (χ1n) is 7.75. The van der Waals surface area contributed by atoms with Gasteiger partial charge in [-0.25, -0.2) is 0 Å². The van der Waals surface area contributed by atoms with Gasteiger partial charge in [0.1, 0.15) is 0 Å². The monoisotopic (exact) mass is 308 g/mol. The molecule has 0 radical (unpaired) electrons. The molecule has 0 unspecified atom stereocenters. The molecular formula is C19H20N2O2. The van der Waals surface area contributed by atoms with Crippen LogP contribution in [0.15, 0.2) is 60.8 Å². The van der Waals surface area contributed by atoms with E-state index in [0.717, 1.165) is 16.5 Å². The van der Waals surface area contributed by atoms with Crippen LogP contribution < -0.4 is 5.32 Å². The fraction of sp³-hybridized carbons (Fsp3) is 0.211. The Kier molecular flexibility index (Phi) is 4.44. The van der Waals surface area contributed by atoms with E-state index in [2.05, 4.69) is 10.3 Å². The quantitative estimate of drug-likeness (QED) is 0.676. The van der Waals surface area contributed by atoms with E-state index in [-0.39, 0.29) is 11.9 Å². The average Bonchev–Trinajstić information content (AvgIpc) is 3.03. The highest BCUT2D eigenvalue weighted by molar-refractivity contribution is 6.05. The molecule has 1 heterocycles. The van der Waals surface area contributed by atoms with Gasteiger partial charge in [-0.2, -0.15) is 0 Å². The summed E-state index contributed by atoms with van der Waals surface area (Å²) < 4.78 is 0. The lowest BCUT2D eigenvalue weighted by atomic mass is 10.0. The van der Waals surface area contributed by atoms with Crippen molar-refractivity contribution in [1.29, 1.82) is 0 Å². The lowest BCUT2D eigenvalue weighted by Gasteiger charge is -2.18. The van der Waals surface area contributed by atoms with Crippen LogP contribution in [0.2, 0.25) is 0 Å². The summed E-state index contributed by atoms with van der Waals surface area (Å²) in [5, 5.41) is 14.2. The molecule has 1 aromatic heterocycles. The van der Waals surface area contributed by atoms with Gasteiger partial charge in [-0.05, 0) is 31.0 Å². The Balaban J connectivity index is 1.67. The number of H-pyrrole nitrogens is 1. The van der Waals surface area contributed by atoms with Crippen LogP contribution in [0, 0.1) is 0 Å². The number of fused-ring (bicyclic) bond motifs is 1. The van der Waals surface area contributed by atoms with Crippen LogP contribution in [-0.4, -0.2) is 22.0 Å². The van der Waals surface area contributed by atoms with Crippen molar-refractivity contribution in [3.63, 3.8) is 0 Å². The minimum absolute atomic E-state index is 0.134. The Morgan fingerprint density at radius 1 is 1.13 bits per heavy atom. The topological polar surface area (TPSA) is 65.1 Å². The fourth-order valence-corrected chi connectivity index (χ4v) is 2.78. The number of rotatable bonds is 5. The Morgan fingerprint density at radius 3 is 2.70 bits per heavy atom. The minimum Gasteiger partial charge on any atom is -0.388 e. The maximum Gasteiger partial charge on any atom is 0.253 e. The fourth-order valence-electron chi connectivity index (χ4n) is 2.78. The van der Waals surface area contributed by atoms with E-state index < -0.39 is 6.10 Å². The Bertz CT molecular complexity index is 795. The highest BCUT2D eigenvalue weighted by atomic mass is 16.3. The molecule has 2 atom stereocenters. The Hall–Kier alpha value is -2.59. The second-order valence-corrected chi connectivity index (χ2v) is 5.78. The van der Waals surface area contributed by atoms with E-state index in [9.17, 15) is 9.90 Å². The smallest absolute Gasteiger partial charge is 0.253 e. The number of aromatic nitrogens is 1. The molecule has 23 heavy (non-hydrogen) atoms. The zero-order valence-electron chi connectivity index (χ0n) is 13.0. The van der Waals surface area contributed by atoms with Crippen LogP contribution in [0.25, 0.3) is 10.9 Å². The van der Waals surface area contributed by atoms with E-state index in [4.69, 9.17) is 0 Å². The van der Waals surface area contributed by atoms with Gasteiger partial charge in [0.05, 0.1) is 17.2 Å².